The predicted molar refractivity (Wildman–Crippen MR) is 75.4 cm³/mol. The zero-order valence-electron chi connectivity index (χ0n) is 10.9. The van der Waals surface area contributed by atoms with Gasteiger partial charge < -0.3 is 15.6 Å². The summed E-state index contributed by atoms with van der Waals surface area (Å²) in [4.78, 5) is 0. The minimum absolute atomic E-state index is 0.612. The van der Waals surface area contributed by atoms with Gasteiger partial charge in [0.15, 0.2) is 0 Å². The number of aromatic nitrogens is 1. The molecule has 2 aromatic rings. The number of nitrogens with two attached hydrogens (primary N) is 1. The molecule has 0 saturated heterocycles. The maximum Gasteiger partial charge on any atom is 0.0486 e. The van der Waals surface area contributed by atoms with Crippen LogP contribution in [0.2, 0.25) is 0 Å². The van der Waals surface area contributed by atoms with Gasteiger partial charge in [0.05, 0.1) is 0 Å². The van der Waals surface area contributed by atoms with E-state index in [1.54, 1.807) is 0 Å². The van der Waals surface area contributed by atoms with Crippen molar-refractivity contribution < 1.29 is 0 Å². The molecule has 96 valence electrons. The van der Waals surface area contributed by atoms with Gasteiger partial charge in [0.1, 0.15) is 0 Å². The molecule has 1 heterocycles. The fraction of sp³-hybridized carbons (Fsp3) is 0.467. The Labute approximate surface area is 108 Å². The molecule has 1 aromatic heterocycles. The highest BCUT2D eigenvalue weighted by Crippen LogP contribution is 2.23. The quantitative estimate of drug-likeness (QED) is 0.846. The number of benzene rings is 1. The Kier molecular flexibility index (Phi) is 3.10. The van der Waals surface area contributed by atoms with Crippen LogP contribution >= 0.6 is 0 Å². The lowest BCUT2D eigenvalue weighted by atomic mass is 10.1. The average molecular weight is 243 g/mol. The van der Waals surface area contributed by atoms with E-state index in [2.05, 4.69) is 41.1 Å². The van der Waals surface area contributed by atoms with Crippen molar-refractivity contribution >= 4 is 10.9 Å². The van der Waals surface area contributed by atoms with Gasteiger partial charge >= 0.3 is 0 Å². The molecule has 0 bridgehead atoms. The first-order valence-corrected chi connectivity index (χ1v) is 6.86. The average Bonchev–Trinajstić information content (AvgIpc) is 3.16. The Balaban J connectivity index is 1.96. The molecule has 1 fully saturated rings. The van der Waals surface area contributed by atoms with Crippen molar-refractivity contribution in [3.8, 4) is 0 Å². The first-order valence-electron chi connectivity index (χ1n) is 6.86. The molecule has 0 spiro atoms. The van der Waals surface area contributed by atoms with Crippen LogP contribution in [0.3, 0.4) is 0 Å². The van der Waals surface area contributed by atoms with Crippen LogP contribution in [0, 0.1) is 0 Å². The van der Waals surface area contributed by atoms with Crippen LogP contribution in [-0.2, 0) is 19.6 Å². The predicted octanol–water partition coefficient (Wildman–Crippen LogP) is 2.37. The molecule has 18 heavy (non-hydrogen) atoms. The molecule has 1 saturated carbocycles. The van der Waals surface area contributed by atoms with Gasteiger partial charge in [0.2, 0.25) is 0 Å². The second-order valence-corrected chi connectivity index (χ2v) is 5.13. The Hall–Kier alpha value is -1.32. The maximum atomic E-state index is 5.72. The van der Waals surface area contributed by atoms with Crippen molar-refractivity contribution in [2.45, 2.75) is 45.4 Å². The first kappa shape index (κ1) is 11.8. The molecule has 3 N–H and O–H groups in total. The maximum absolute atomic E-state index is 5.72. The van der Waals surface area contributed by atoms with Crippen LogP contribution in [0.25, 0.3) is 10.9 Å². The molecule has 1 aliphatic carbocycles. The van der Waals surface area contributed by atoms with E-state index in [1.807, 2.05) is 0 Å². The van der Waals surface area contributed by atoms with Gasteiger partial charge in [-0.1, -0.05) is 12.1 Å². The summed E-state index contributed by atoms with van der Waals surface area (Å²) in [5, 5.41) is 4.91. The molecule has 3 heteroatoms. The molecule has 1 aliphatic rings. The fourth-order valence-corrected chi connectivity index (χ4v) is 2.54. The van der Waals surface area contributed by atoms with Crippen molar-refractivity contribution in [2.24, 2.45) is 5.73 Å². The molecule has 0 aliphatic heterocycles. The monoisotopic (exact) mass is 243 g/mol. The standard InChI is InChI=1S/C15H21N3/c1-2-18-14(10-17-13-5-6-13)8-12-4-3-11(9-16)7-15(12)18/h3-4,7-8,13,17H,2,5-6,9-10,16H2,1H3. The highest BCUT2D eigenvalue weighted by molar-refractivity contribution is 5.82. The summed E-state index contributed by atoms with van der Waals surface area (Å²) in [7, 11) is 0. The summed E-state index contributed by atoms with van der Waals surface area (Å²) >= 11 is 0. The number of nitrogens with one attached hydrogen (secondary N) is 1. The smallest absolute Gasteiger partial charge is 0.0486 e. The van der Waals surface area contributed by atoms with Crippen molar-refractivity contribution in [1.29, 1.82) is 0 Å². The van der Waals surface area contributed by atoms with E-state index >= 15 is 0 Å². The molecule has 0 atom stereocenters. The molecule has 0 amide bonds. The lowest BCUT2D eigenvalue weighted by molar-refractivity contribution is 0.634. The largest absolute Gasteiger partial charge is 0.344 e. The van der Waals surface area contributed by atoms with E-state index in [0.717, 1.165) is 19.1 Å². The van der Waals surface area contributed by atoms with Crippen molar-refractivity contribution in [3.63, 3.8) is 0 Å². The van der Waals surface area contributed by atoms with Crippen molar-refractivity contribution in [3.05, 3.63) is 35.5 Å². The van der Waals surface area contributed by atoms with Gasteiger partial charge in [-0.25, -0.2) is 0 Å². The van der Waals surface area contributed by atoms with Gasteiger partial charge in [0, 0.05) is 36.9 Å². The van der Waals surface area contributed by atoms with E-state index < -0.39 is 0 Å². The van der Waals surface area contributed by atoms with Gasteiger partial charge in [-0.2, -0.15) is 0 Å². The van der Waals surface area contributed by atoms with Crippen LogP contribution < -0.4 is 11.1 Å². The van der Waals surface area contributed by atoms with Crippen molar-refractivity contribution in [2.75, 3.05) is 0 Å². The third kappa shape index (κ3) is 2.16. The summed E-state index contributed by atoms with van der Waals surface area (Å²) < 4.78 is 2.39. The van der Waals surface area contributed by atoms with Crippen LogP contribution in [0.5, 0.6) is 0 Å². The van der Waals surface area contributed by atoms with Crippen LogP contribution in [0.15, 0.2) is 24.3 Å². The van der Waals surface area contributed by atoms with Gasteiger partial charge in [0.25, 0.3) is 0 Å². The minimum atomic E-state index is 0.612. The number of nitrogens with zero attached hydrogens (tertiary/aromatic N) is 1. The lowest BCUT2D eigenvalue weighted by Gasteiger charge is -2.09. The lowest BCUT2D eigenvalue weighted by Crippen LogP contribution is -2.17. The third-order valence-electron chi connectivity index (χ3n) is 3.76. The molecule has 3 nitrogen and oxygen atoms in total. The zero-order chi connectivity index (χ0) is 12.5. The topological polar surface area (TPSA) is 43.0 Å². The number of hydrogen-bond donors (Lipinski definition) is 2. The molecule has 3 rings (SSSR count). The minimum Gasteiger partial charge on any atom is -0.344 e. The summed E-state index contributed by atoms with van der Waals surface area (Å²) in [6, 6.07) is 9.59. The Morgan fingerprint density at radius 1 is 1.33 bits per heavy atom. The Morgan fingerprint density at radius 3 is 2.83 bits per heavy atom. The molecular formula is C15H21N3. The zero-order valence-corrected chi connectivity index (χ0v) is 10.9. The van der Waals surface area contributed by atoms with E-state index in [1.165, 1.54) is 35.0 Å². The Bertz CT molecular complexity index is 552. The summed E-state index contributed by atoms with van der Waals surface area (Å²) in [5.41, 5.74) is 9.63. The summed E-state index contributed by atoms with van der Waals surface area (Å²) in [5.74, 6) is 0. The van der Waals surface area contributed by atoms with Crippen LogP contribution in [-0.4, -0.2) is 10.6 Å². The van der Waals surface area contributed by atoms with Gasteiger partial charge in [-0.15, -0.1) is 0 Å². The number of rotatable bonds is 5. The van der Waals surface area contributed by atoms with E-state index in [4.69, 9.17) is 5.73 Å². The van der Waals surface area contributed by atoms with E-state index in [0.29, 0.717) is 6.54 Å². The van der Waals surface area contributed by atoms with Crippen LogP contribution in [0.4, 0.5) is 0 Å². The Morgan fingerprint density at radius 2 is 2.17 bits per heavy atom. The molecule has 0 unspecified atom stereocenters. The normalized spacial score (nSPS) is 15.4. The van der Waals surface area contributed by atoms with Crippen LogP contribution in [0.1, 0.15) is 31.0 Å². The van der Waals surface area contributed by atoms with Crippen molar-refractivity contribution in [1.82, 2.24) is 9.88 Å². The SMILES string of the molecule is CCn1c(CNC2CC2)cc2ccc(CN)cc21. The fourth-order valence-electron chi connectivity index (χ4n) is 2.54. The first-order chi connectivity index (χ1) is 8.81. The second kappa shape index (κ2) is 4.75. The molecular weight excluding hydrogens is 222 g/mol. The highest BCUT2D eigenvalue weighted by Gasteiger charge is 2.20. The number of fused-ring (bicyclic) bond motifs is 1. The summed E-state index contributed by atoms with van der Waals surface area (Å²) in [6.07, 6.45) is 2.67. The van der Waals surface area contributed by atoms with Gasteiger partial charge in [-0.3, -0.25) is 0 Å². The van der Waals surface area contributed by atoms with Gasteiger partial charge in [-0.05, 0) is 42.8 Å². The summed E-state index contributed by atoms with van der Waals surface area (Å²) in [6.45, 7) is 4.81. The third-order valence-corrected chi connectivity index (χ3v) is 3.76. The van der Waals surface area contributed by atoms with E-state index in [9.17, 15) is 0 Å². The highest BCUT2D eigenvalue weighted by atomic mass is 15.0. The second-order valence-electron chi connectivity index (χ2n) is 5.13. The number of aryl methyl sites for hydroxylation is 1. The van der Waals surface area contributed by atoms with E-state index in [-0.39, 0.29) is 0 Å². The number of hydrogen-bond acceptors (Lipinski definition) is 2. The molecule has 0 radical (unpaired) electrons. The molecule has 1 aromatic carbocycles.